The van der Waals surface area contributed by atoms with Crippen LogP contribution in [0.15, 0.2) is 48.5 Å². The van der Waals surface area contributed by atoms with E-state index in [1.807, 2.05) is 0 Å². The van der Waals surface area contributed by atoms with Gasteiger partial charge in [-0.3, -0.25) is 29.4 Å². The molecule has 0 aliphatic carbocycles. The van der Waals surface area contributed by atoms with Crippen LogP contribution in [-0.4, -0.2) is 41.1 Å². The Hall–Kier alpha value is -3.55. The number of fused-ring (bicyclic) bond motifs is 1. The van der Waals surface area contributed by atoms with E-state index in [4.69, 9.17) is 0 Å². The first-order valence-electron chi connectivity index (χ1n) is 7.36. The fraction of sp³-hybridized carbons (Fsp3) is 0.118. The van der Waals surface area contributed by atoms with Gasteiger partial charge in [-0.2, -0.15) is 0 Å². The molecule has 0 radical (unpaired) electrons. The van der Waals surface area contributed by atoms with E-state index in [0.717, 1.165) is 4.90 Å². The summed E-state index contributed by atoms with van der Waals surface area (Å²) in [4.78, 5) is 49.2. The van der Waals surface area contributed by atoms with E-state index in [-0.39, 0.29) is 16.8 Å². The molecule has 2 aromatic rings. The van der Waals surface area contributed by atoms with Crippen molar-refractivity contribution in [2.75, 3.05) is 18.5 Å². The number of anilines is 1. The molecule has 126 valence electrons. The van der Waals surface area contributed by atoms with Crippen LogP contribution in [0, 0.1) is 10.1 Å². The van der Waals surface area contributed by atoms with E-state index in [1.165, 1.54) is 36.2 Å². The molecule has 3 rings (SSSR count). The molecule has 0 saturated heterocycles. The van der Waals surface area contributed by atoms with Gasteiger partial charge in [0.1, 0.15) is 6.54 Å². The first-order chi connectivity index (χ1) is 11.9. The molecule has 0 saturated carbocycles. The zero-order chi connectivity index (χ0) is 18.1. The van der Waals surface area contributed by atoms with E-state index in [0.29, 0.717) is 5.69 Å². The molecular formula is C17H13N3O5. The highest BCUT2D eigenvalue weighted by atomic mass is 16.6. The highest BCUT2D eigenvalue weighted by Gasteiger charge is 2.36. The molecule has 3 amide bonds. The van der Waals surface area contributed by atoms with Gasteiger partial charge in [-0.05, 0) is 24.3 Å². The zero-order valence-electron chi connectivity index (χ0n) is 13.2. The second-order valence-electron chi connectivity index (χ2n) is 5.47. The number of benzene rings is 2. The maximum Gasteiger partial charge on any atom is 0.269 e. The quantitative estimate of drug-likeness (QED) is 0.481. The van der Waals surface area contributed by atoms with Gasteiger partial charge in [0.05, 0.1) is 16.1 Å². The Morgan fingerprint density at radius 1 is 1.04 bits per heavy atom. The Kier molecular flexibility index (Phi) is 4.02. The van der Waals surface area contributed by atoms with Crippen LogP contribution in [0.1, 0.15) is 20.7 Å². The molecular weight excluding hydrogens is 326 g/mol. The van der Waals surface area contributed by atoms with Crippen molar-refractivity contribution in [2.45, 2.75) is 0 Å². The average molecular weight is 339 g/mol. The predicted molar refractivity (Wildman–Crippen MR) is 88.3 cm³/mol. The van der Waals surface area contributed by atoms with Gasteiger partial charge in [0.2, 0.25) is 5.91 Å². The van der Waals surface area contributed by atoms with E-state index in [1.54, 1.807) is 24.3 Å². The van der Waals surface area contributed by atoms with E-state index in [2.05, 4.69) is 0 Å². The third kappa shape index (κ3) is 2.85. The Morgan fingerprint density at radius 3 is 2.04 bits per heavy atom. The van der Waals surface area contributed by atoms with Crippen LogP contribution in [0.5, 0.6) is 0 Å². The van der Waals surface area contributed by atoms with Crippen molar-refractivity contribution in [1.82, 2.24) is 4.90 Å². The molecule has 2 aromatic carbocycles. The number of carbonyl (C=O) groups excluding carboxylic acids is 3. The number of nitrogens with zero attached hydrogens (tertiary/aromatic N) is 3. The van der Waals surface area contributed by atoms with Crippen molar-refractivity contribution in [3.8, 4) is 0 Å². The lowest BCUT2D eigenvalue weighted by Crippen LogP contribution is -2.41. The molecule has 0 spiro atoms. The normalized spacial score (nSPS) is 12.9. The molecule has 8 heteroatoms. The van der Waals surface area contributed by atoms with Crippen LogP contribution < -0.4 is 4.90 Å². The van der Waals surface area contributed by atoms with Crippen molar-refractivity contribution in [3.05, 3.63) is 69.8 Å². The third-order valence-corrected chi connectivity index (χ3v) is 3.99. The van der Waals surface area contributed by atoms with Gasteiger partial charge in [0.25, 0.3) is 17.5 Å². The fourth-order valence-corrected chi connectivity index (χ4v) is 2.57. The van der Waals surface area contributed by atoms with Gasteiger partial charge in [-0.15, -0.1) is 0 Å². The third-order valence-electron chi connectivity index (χ3n) is 3.99. The van der Waals surface area contributed by atoms with E-state index >= 15 is 0 Å². The van der Waals surface area contributed by atoms with Crippen LogP contribution in [0.2, 0.25) is 0 Å². The molecule has 0 fully saturated rings. The minimum Gasteiger partial charge on any atom is -0.314 e. The molecule has 0 bridgehead atoms. The summed E-state index contributed by atoms with van der Waals surface area (Å²) in [7, 11) is 1.47. The molecule has 25 heavy (non-hydrogen) atoms. The van der Waals surface area contributed by atoms with Gasteiger partial charge >= 0.3 is 0 Å². The van der Waals surface area contributed by atoms with Crippen molar-refractivity contribution in [3.63, 3.8) is 0 Å². The first kappa shape index (κ1) is 16.3. The number of amides is 3. The van der Waals surface area contributed by atoms with Crippen LogP contribution in [0.3, 0.4) is 0 Å². The summed E-state index contributed by atoms with van der Waals surface area (Å²) in [5.41, 5.74) is 0.883. The number of non-ortho nitro benzene ring substituents is 1. The van der Waals surface area contributed by atoms with Crippen molar-refractivity contribution < 1.29 is 19.3 Å². The fourth-order valence-electron chi connectivity index (χ4n) is 2.57. The Labute approximate surface area is 142 Å². The van der Waals surface area contributed by atoms with Gasteiger partial charge in [-0.1, -0.05) is 12.1 Å². The van der Waals surface area contributed by atoms with Crippen LogP contribution in [0.25, 0.3) is 0 Å². The summed E-state index contributed by atoms with van der Waals surface area (Å²) < 4.78 is 0. The SMILES string of the molecule is CN(C(=O)CN1C(=O)c2ccccc2C1=O)c1ccc([N+](=O)[O-])cc1. The Bertz CT molecular complexity index is 856. The monoisotopic (exact) mass is 339 g/mol. The van der Waals surface area contributed by atoms with E-state index < -0.39 is 29.2 Å². The van der Waals surface area contributed by atoms with Gasteiger partial charge in [0.15, 0.2) is 0 Å². The number of nitro benzene ring substituents is 1. The molecule has 8 nitrogen and oxygen atoms in total. The molecule has 1 aliphatic rings. The molecule has 0 aromatic heterocycles. The number of hydrogen-bond acceptors (Lipinski definition) is 5. The number of carbonyl (C=O) groups is 3. The summed E-state index contributed by atoms with van der Waals surface area (Å²) in [5, 5.41) is 10.7. The van der Waals surface area contributed by atoms with Crippen molar-refractivity contribution >= 4 is 29.1 Å². The molecule has 1 aliphatic heterocycles. The molecule has 0 atom stereocenters. The second-order valence-corrected chi connectivity index (χ2v) is 5.47. The van der Waals surface area contributed by atoms with Crippen molar-refractivity contribution in [1.29, 1.82) is 0 Å². The Balaban J connectivity index is 1.75. The van der Waals surface area contributed by atoms with E-state index in [9.17, 15) is 24.5 Å². The van der Waals surface area contributed by atoms with Gasteiger partial charge in [-0.25, -0.2) is 0 Å². The van der Waals surface area contributed by atoms with Crippen LogP contribution in [-0.2, 0) is 4.79 Å². The average Bonchev–Trinajstić information content (AvgIpc) is 2.86. The highest BCUT2D eigenvalue weighted by molar-refractivity contribution is 6.22. The molecule has 0 N–H and O–H groups in total. The largest absolute Gasteiger partial charge is 0.314 e. The standard InChI is InChI=1S/C17H13N3O5/c1-18(11-6-8-12(9-7-11)20(24)25)15(21)10-19-16(22)13-4-2-3-5-14(13)17(19)23/h2-9H,10H2,1H3. The minimum absolute atomic E-state index is 0.0926. The number of nitro groups is 1. The lowest BCUT2D eigenvalue weighted by Gasteiger charge is -2.20. The summed E-state index contributed by atoms with van der Waals surface area (Å²) in [5.74, 6) is -1.50. The predicted octanol–water partition coefficient (Wildman–Crippen LogP) is 1.85. The first-order valence-corrected chi connectivity index (χ1v) is 7.36. The smallest absolute Gasteiger partial charge is 0.269 e. The maximum atomic E-state index is 12.4. The molecule has 0 unspecified atom stereocenters. The lowest BCUT2D eigenvalue weighted by atomic mass is 10.1. The lowest BCUT2D eigenvalue weighted by molar-refractivity contribution is -0.384. The van der Waals surface area contributed by atoms with Crippen LogP contribution in [0.4, 0.5) is 11.4 Å². The molecule has 1 heterocycles. The summed E-state index contributed by atoms with van der Waals surface area (Å²) in [6.07, 6.45) is 0. The number of rotatable bonds is 4. The van der Waals surface area contributed by atoms with Crippen molar-refractivity contribution in [2.24, 2.45) is 0 Å². The zero-order valence-corrected chi connectivity index (χ0v) is 13.2. The number of imide groups is 1. The topological polar surface area (TPSA) is 101 Å². The second kappa shape index (κ2) is 6.16. The summed E-state index contributed by atoms with van der Waals surface area (Å²) >= 11 is 0. The highest BCUT2D eigenvalue weighted by Crippen LogP contribution is 2.23. The Morgan fingerprint density at radius 2 is 1.56 bits per heavy atom. The van der Waals surface area contributed by atoms with Gasteiger partial charge < -0.3 is 4.90 Å². The maximum absolute atomic E-state index is 12.4. The number of likely N-dealkylation sites (N-methyl/N-ethyl adjacent to an activating group) is 1. The number of hydrogen-bond donors (Lipinski definition) is 0. The van der Waals surface area contributed by atoms with Gasteiger partial charge in [0, 0.05) is 24.9 Å². The summed E-state index contributed by atoms with van der Waals surface area (Å²) in [6, 6.07) is 11.8. The summed E-state index contributed by atoms with van der Waals surface area (Å²) in [6.45, 7) is -0.403. The van der Waals surface area contributed by atoms with Crippen LogP contribution >= 0.6 is 0 Å². The minimum atomic E-state index is -0.537.